The highest BCUT2D eigenvalue weighted by Crippen LogP contribution is 2.53. The topological polar surface area (TPSA) is 16.4 Å². The molecule has 1 saturated carbocycles. The fourth-order valence-corrected chi connectivity index (χ4v) is 10.2. The van der Waals surface area contributed by atoms with Crippen LogP contribution in [0.3, 0.4) is 0 Å². The molecule has 0 amide bonds. The first kappa shape index (κ1) is 33.9. The maximum atomic E-state index is 7.38. The Kier molecular flexibility index (Phi) is 7.96. The Balaban J connectivity index is 1.21. The smallest absolute Gasteiger partial charge is 0.159 e. The van der Waals surface area contributed by atoms with Gasteiger partial charge in [-0.15, -0.1) is 0 Å². The van der Waals surface area contributed by atoms with E-state index in [0.717, 1.165) is 33.6 Å². The first-order valence-corrected chi connectivity index (χ1v) is 20.7. The van der Waals surface area contributed by atoms with E-state index < -0.39 is 0 Å². The highest BCUT2D eigenvalue weighted by molar-refractivity contribution is 6.22. The van der Waals surface area contributed by atoms with Crippen LogP contribution in [-0.4, -0.2) is 0 Å². The van der Waals surface area contributed by atoms with Gasteiger partial charge in [-0.1, -0.05) is 167 Å². The van der Waals surface area contributed by atoms with Gasteiger partial charge in [0.2, 0.25) is 0 Å². The Morgan fingerprint density at radius 1 is 0.491 bits per heavy atom. The molecule has 2 nitrogen and oxygen atoms in total. The highest BCUT2D eigenvalue weighted by atomic mass is 16.3. The Bertz CT molecular complexity index is 2970. The summed E-state index contributed by atoms with van der Waals surface area (Å²) >= 11 is 0. The Morgan fingerprint density at radius 3 is 2.02 bits per heavy atom. The van der Waals surface area contributed by atoms with Crippen LogP contribution in [0.4, 0.5) is 17.1 Å². The summed E-state index contributed by atoms with van der Waals surface area (Å²) in [7, 11) is 0. The molecule has 0 atom stereocenters. The monoisotopic (exact) mass is 735 g/mol. The fourth-order valence-electron chi connectivity index (χ4n) is 10.2. The van der Waals surface area contributed by atoms with Crippen molar-refractivity contribution in [3.63, 3.8) is 0 Å². The number of hydrogen-bond acceptors (Lipinski definition) is 2. The molecule has 0 aliphatic heterocycles. The lowest BCUT2D eigenvalue weighted by molar-refractivity contribution is 0.442. The van der Waals surface area contributed by atoms with E-state index in [9.17, 15) is 0 Å². The van der Waals surface area contributed by atoms with E-state index in [0.29, 0.717) is 5.92 Å². The van der Waals surface area contributed by atoms with Crippen molar-refractivity contribution in [1.29, 1.82) is 0 Å². The van der Waals surface area contributed by atoms with Crippen LogP contribution in [0.5, 0.6) is 0 Å². The largest absolute Gasteiger partial charge is 0.454 e. The van der Waals surface area contributed by atoms with E-state index in [1.807, 2.05) is 0 Å². The predicted molar refractivity (Wildman–Crippen MR) is 240 cm³/mol. The second kappa shape index (κ2) is 13.4. The molecular formula is C55H45NO. The van der Waals surface area contributed by atoms with Gasteiger partial charge in [-0.3, -0.25) is 0 Å². The van der Waals surface area contributed by atoms with Crippen LogP contribution in [0.2, 0.25) is 0 Å². The number of hydrogen-bond donors (Lipinski definition) is 0. The highest BCUT2D eigenvalue weighted by Gasteiger charge is 2.36. The molecule has 2 heteroatoms. The van der Waals surface area contributed by atoms with E-state index in [2.05, 4.69) is 189 Å². The molecule has 9 aromatic rings. The van der Waals surface area contributed by atoms with Crippen molar-refractivity contribution in [3.8, 4) is 33.4 Å². The van der Waals surface area contributed by atoms with Gasteiger partial charge < -0.3 is 9.32 Å². The quantitative estimate of drug-likeness (QED) is 0.169. The maximum Gasteiger partial charge on any atom is 0.159 e. The van der Waals surface area contributed by atoms with Gasteiger partial charge in [0.25, 0.3) is 0 Å². The molecule has 2 aliphatic rings. The first-order chi connectivity index (χ1) is 28.0. The van der Waals surface area contributed by atoms with E-state index in [1.165, 1.54) is 98.3 Å². The average Bonchev–Trinajstić information content (AvgIpc) is 3.78. The summed E-state index contributed by atoms with van der Waals surface area (Å²) in [6.07, 6.45) is 6.30. The summed E-state index contributed by atoms with van der Waals surface area (Å²) in [6, 6.07) is 62.7. The number of fused-ring (bicyclic) bond motifs is 8. The number of rotatable bonds is 6. The van der Waals surface area contributed by atoms with Crippen molar-refractivity contribution in [2.45, 2.75) is 57.3 Å². The summed E-state index contributed by atoms with van der Waals surface area (Å²) < 4.78 is 7.38. The molecule has 2 aliphatic carbocycles. The van der Waals surface area contributed by atoms with E-state index >= 15 is 0 Å². The van der Waals surface area contributed by atoms with Gasteiger partial charge in [-0.25, -0.2) is 0 Å². The van der Waals surface area contributed by atoms with Gasteiger partial charge >= 0.3 is 0 Å². The van der Waals surface area contributed by atoms with E-state index in [4.69, 9.17) is 4.42 Å². The third kappa shape index (κ3) is 5.46. The molecule has 0 N–H and O–H groups in total. The third-order valence-electron chi connectivity index (χ3n) is 13.0. The van der Waals surface area contributed by atoms with Crippen LogP contribution in [0.15, 0.2) is 174 Å². The zero-order valence-electron chi connectivity index (χ0n) is 32.6. The van der Waals surface area contributed by atoms with Gasteiger partial charge in [0.1, 0.15) is 5.58 Å². The van der Waals surface area contributed by atoms with Gasteiger partial charge in [-0.2, -0.15) is 0 Å². The number of furan rings is 1. The van der Waals surface area contributed by atoms with Crippen LogP contribution in [0, 0.1) is 0 Å². The Labute approximate surface area is 335 Å². The number of nitrogens with zero attached hydrogens (tertiary/aromatic N) is 1. The molecular weight excluding hydrogens is 691 g/mol. The zero-order valence-corrected chi connectivity index (χ0v) is 32.6. The van der Waals surface area contributed by atoms with Gasteiger partial charge in [0, 0.05) is 27.4 Å². The summed E-state index contributed by atoms with van der Waals surface area (Å²) in [5.41, 5.74) is 16.6. The molecule has 0 unspecified atom stereocenters. The van der Waals surface area contributed by atoms with Crippen molar-refractivity contribution in [3.05, 3.63) is 187 Å². The second-order valence-electron chi connectivity index (χ2n) is 16.7. The Hall–Kier alpha value is -6.38. The standard InChI is InChI=1S/C55H45NO/c1-55(2)48-27-15-14-25-43(48)44-31-30-41(35-49(44)55)56(50-32-29-39(36-17-6-3-7-18-36)33-46(50)37-19-8-4-9-20-37)51-28-16-26-45-52-42-24-13-12-23-40(42)34-47(54(52)57-53(45)51)38-21-10-5-11-22-38/h3-4,6-9,12-20,23-35,38H,5,10-11,21-22H2,1-2H3. The van der Waals surface area contributed by atoms with Crippen LogP contribution in [0.25, 0.3) is 66.1 Å². The lowest BCUT2D eigenvalue weighted by Gasteiger charge is -2.30. The van der Waals surface area contributed by atoms with Crippen molar-refractivity contribution in [2.24, 2.45) is 0 Å². The minimum absolute atomic E-state index is 0.147. The molecule has 8 aromatic carbocycles. The number of anilines is 3. The molecule has 0 radical (unpaired) electrons. The molecule has 1 aromatic heterocycles. The van der Waals surface area contributed by atoms with Gasteiger partial charge in [-0.05, 0) is 110 Å². The number of para-hydroxylation sites is 1. The maximum absolute atomic E-state index is 7.38. The first-order valence-electron chi connectivity index (χ1n) is 20.7. The van der Waals surface area contributed by atoms with E-state index in [1.54, 1.807) is 0 Å². The fraction of sp³-hybridized carbons (Fsp3) is 0.164. The second-order valence-corrected chi connectivity index (χ2v) is 16.7. The third-order valence-corrected chi connectivity index (χ3v) is 13.0. The normalized spacial score (nSPS) is 14.9. The lowest BCUT2D eigenvalue weighted by atomic mass is 9.82. The summed E-state index contributed by atoms with van der Waals surface area (Å²) in [5, 5.41) is 4.94. The molecule has 1 fully saturated rings. The van der Waals surface area contributed by atoms with E-state index in [-0.39, 0.29) is 5.41 Å². The van der Waals surface area contributed by atoms with Crippen molar-refractivity contribution >= 4 is 49.8 Å². The van der Waals surface area contributed by atoms with Gasteiger partial charge in [0.15, 0.2) is 5.58 Å². The van der Waals surface area contributed by atoms with Crippen LogP contribution < -0.4 is 4.90 Å². The van der Waals surface area contributed by atoms with Crippen molar-refractivity contribution in [2.75, 3.05) is 4.90 Å². The minimum atomic E-state index is -0.147. The average molecular weight is 736 g/mol. The summed E-state index contributed by atoms with van der Waals surface area (Å²) in [5.74, 6) is 0.502. The molecule has 57 heavy (non-hydrogen) atoms. The molecule has 0 saturated heterocycles. The Morgan fingerprint density at radius 2 is 1.19 bits per heavy atom. The zero-order chi connectivity index (χ0) is 38.1. The summed E-state index contributed by atoms with van der Waals surface area (Å²) in [6.45, 7) is 4.74. The number of benzene rings is 8. The minimum Gasteiger partial charge on any atom is -0.454 e. The van der Waals surface area contributed by atoms with Crippen LogP contribution in [-0.2, 0) is 5.41 Å². The van der Waals surface area contributed by atoms with Gasteiger partial charge in [0.05, 0.1) is 11.4 Å². The SMILES string of the molecule is CC1(C)c2ccccc2-c2ccc(N(c3ccc(-c4ccccc4)cc3-c3ccccc3)c3cccc4c3oc3c(C5CCCCC5)cc5ccccc5c34)cc21. The lowest BCUT2D eigenvalue weighted by Crippen LogP contribution is -2.17. The molecule has 0 spiro atoms. The molecule has 11 rings (SSSR count). The van der Waals surface area contributed by atoms with Crippen LogP contribution in [0.1, 0.15) is 68.6 Å². The van der Waals surface area contributed by atoms with Crippen molar-refractivity contribution in [1.82, 2.24) is 0 Å². The summed E-state index contributed by atoms with van der Waals surface area (Å²) in [4.78, 5) is 2.48. The predicted octanol–water partition coefficient (Wildman–Crippen LogP) is 15.9. The van der Waals surface area contributed by atoms with Crippen LogP contribution >= 0.6 is 0 Å². The molecule has 0 bridgehead atoms. The van der Waals surface area contributed by atoms with Crippen molar-refractivity contribution < 1.29 is 4.42 Å². The molecule has 1 heterocycles. The molecule has 276 valence electrons.